The van der Waals surface area contributed by atoms with Crippen LogP contribution in [0.15, 0.2) is 24.3 Å². The number of aliphatic hydroxyl groups is 7. The van der Waals surface area contributed by atoms with Crippen molar-refractivity contribution in [2.75, 3.05) is 6.61 Å². The highest BCUT2D eigenvalue weighted by atomic mass is 31.2. The average molecular weight is 724 g/mol. The third-order valence-corrected chi connectivity index (χ3v) is 9.78. The zero-order chi connectivity index (χ0) is 36.7. The van der Waals surface area contributed by atoms with Crippen LogP contribution in [0.3, 0.4) is 0 Å². The number of nitrogens with one attached hydrogen (secondary N) is 1. The fraction of sp³-hybridized carbons (Fsp3) is 0.857. The molecule has 1 rings (SSSR count). The van der Waals surface area contributed by atoms with Crippen LogP contribution in [0.25, 0.3) is 0 Å². The van der Waals surface area contributed by atoms with Gasteiger partial charge in [-0.15, -0.1) is 0 Å². The molecule has 1 fully saturated rings. The van der Waals surface area contributed by atoms with Gasteiger partial charge in [0.25, 0.3) is 0 Å². The molecule has 288 valence electrons. The van der Waals surface area contributed by atoms with Crippen LogP contribution in [-0.4, -0.2) is 108 Å². The van der Waals surface area contributed by atoms with Gasteiger partial charge in [0.15, 0.2) is 0 Å². The van der Waals surface area contributed by atoms with Crippen LogP contribution in [0, 0.1) is 0 Å². The van der Waals surface area contributed by atoms with Crippen LogP contribution in [-0.2, 0) is 18.4 Å². The van der Waals surface area contributed by atoms with Crippen molar-refractivity contribution < 1.29 is 59.0 Å². The van der Waals surface area contributed by atoms with Crippen molar-refractivity contribution >= 4 is 13.7 Å². The van der Waals surface area contributed by atoms with Crippen molar-refractivity contribution in [1.82, 2.24) is 5.32 Å². The number of phosphoric acid groups is 1. The van der Waals surface area contributed by atoms with Crippen molar-refractivity contribution in [3.63, 3.8) is 0 Å². The smallest absolute Gasteiger partial charge is 0.393 e. The zero-order valence-corrected chi connectivity index (χ0v) is 30.5. The maximum atomic E-state index is 12.8. The van der Waals surface area contributed by atoms with Crippen LogP contribution in [0.5, 0.6) is 0 Å². The van der Waals surface area contributed by atoms with Gasteiger partial charge in [-0.25, -0.2) is 4.57 Å². The molecule has 0 bridgehead atoms. The molecule has 0 aliphatic heterocycles. The first-order valence-electron chi connectivity index (χ1n) is 18.4. The highest BCUT2D eigenvalue weighted by Gasteiger charge is 2.51. The summed E-state index contributed by atoms with van der Waals surface area (Å²) in [5, 5.41) is 73.7. The summed E-state index contributed by atoms with van der Waals surface area (Å²) in [6.45, 7) is 3.59. The Kier molecular flexibility index (Phi) is 24.8. The van der Waals surface area contributed by atoms with E-state index in [-0.39, 0.29) is 6.42 Å². The van der Waals surface area contributed by atoms with Gasteiger partial charge >= 0.3 is 7.82 Å². The van der Waals surface area contributed by atoms with Gasteiger partial charge in [0, 0.05) is 0 Å². The SMILES string of the molecule is CCCCC/C=C/CC/C=C/C(O)C(COP(=O)(O)OC1C(O)C(O)C(O)C(O)C1O)NC(=O)CC(O)CCCCCCCCCCCC. The Balaban J connectivity index is 2.71. The number of hydrogen-bond donors (Lipinski definition) is 9. The molecule has 0 spiro atoms. The van der Waals surface area contributed by atoms with E-state index in [1.165, 1.54) is 51.0 Å². The second kappa shape index (κ2) is 26.5. The maximum Gasteiger partial charge on any atom is 0.472 e. The summed E-state index contributed by atoms with van der Waals surface area (Å²) in [6, 6.07) is -1.25. The molecule has 0 radical (unpaired) electrons. The molecule has 14 heteroatoms. The molecule has 0 heterocycles. The Hall–Kier alpha value is -1.22. The minimum atomic E-state index is -5.13. The number of phosphoric ester groups is 1. The lowest BCUT2D eigenvalue weighted by molar-refractivity contribution is -0.220. The van der Waals surface area contributed by atoms with E-state index in [9.17, 15) is 50.0 Å². The predicted molar refractivity (Wildman–Crippen MR) is 187 cm³/mol. The number of carbonyl (C=O) groups is 1. The summed E-state index contributed by atoms with van der Waals surface area (Å²) in [5.41, 5.74) is 0. The Morgan fingerprint density at radius 1 is 0.714 bits per heavy atom. The Morgan fingerprint density at radius 2 is 1.20 bits per heavy atom. The molecule has 1 amide bonds. The molecule has 13 nitrogen and oxygen atoms in total. The largest absolute Gasteiger partial charge is 0.472 e. The minimum absolute atomic E-state index is 0.251. The highest BCUT2D eigenvalue weighted by molar-refractivity contribution is 7.47. The molecular formula is C35H66NO12P. The number of aliphatic hydroxyl groups excluding tert-OH is 7. The van der Waals surface area contributed by atoms with E-state index in [1.807, 2.05) is 6.08 Å². The summed E-state index contributed by atoms with van der Waals surface area (Å²) >= 11 is 0. The number of rotatable bonds is 28. The molecular weight excluding hydrogens is 657 g/mol. The third kappa shape index (κ3) is 19.8. The fourth-order valence-corrected chi connectivity index (χ4v) is 6.63. The predicted octanol–water partition coefficient (Wildman–Crippen LogP) is 3.69. The summed E-state index contributed by atoms with van der Waals surface area (Å²) in [4.78, 5) is 23.2. The van der Waals surface area contributed by atoms with Gasteiger partial charge in [-0.05, 0) is 32.1 Å². The lowest BCUT2D eigenvalue weighted by atomic mass is 9.85. The number of unbranched alkanes of at least 4 members (excludes halogenated alkanes) is 13. The van der Waals surface area contributed by atoms with Crippen LogP contribution in [0.2, 0.25) is 0 Å². The van der Waals surface area contributed by atoms with E-state index in [4.69, 9.17) is 9.05 Å². The van der Waals surface area contributed by atoms with Gasteiger partial charge in [-0.1, -0.05) is 115 Å². The van der Waals surface area contributed by atoms with Gasteiger partial charge < -0.3 is 46.0 Å². The normalized spacial score (nSPS) is 26.2. The Bertz CT molecular complexity index is 953. The summed E-state index contributed by atoms with van der Waals surface area (Å²) < 4.78 is 22.6. The lowest BCUT2D eigenvalue weighted by Gasteiger charge is -2.41. The molecule has 9 N–H and O–H groups in total. The molecule has 0 aromatic heterocycles. The Morgan fingerprint density at radius 3 is 1.80 bits per heavy atom. The van der Waals surface area contributed by atoms with E-state index in [0.717, 1.165) is 51.4 Å². The van der Waals surface area contributed by atoms with E-state index in [2.05, 4.69) is 25.2 Å². The second-order valence-electron chi connectivity index (χ2n) is 13.3. The minimum Gasteiger partial charge on any atom is -0.393 e. The van der Waals surface area contributed by atoms with Crippen molar-refractivity contribution in [3.8, 4) is 0 Å². The van der Waals surface area contributed by atoms with Gasteiger partial charge in [-0.2, -0.15) is 0 Å². The van der Waals surface area contributed by atoms with Crippen molar-refractivity contribution in [3.05, 3.63) is 24.3 Å². The lowest BCUT2D eigenvalue weighted by Crippen LogP contribution is -2.64. The van der Waals surface area contributed by atoms with Gasteiger partial charge in [0.2, 0.25) is 5.91 Å². The van der Waals surface area contributed by atoms with Gasteiger partial charge in [0.05, 0.1) is 31.3 Å². The van der Waals surface area contributed by atoms with Gasteiger partial charge in [0.1, 0.15) is 36.6 Å². The molecule has 8 atom stereocenters. The molecule has 1 aliphatic rings. The Labute approximate surface area is 293 Å². The average Bonchev–Trinajstić information content (AvgIpc) is 3.06. The van der Waals surface area contributed by atoms with Crippen molar-refractivity contribution in [2.24, 2.45) is 0 Å². The standard InChI is InChI=1S/C35H66NO12P/c1-3-5-7-9-11-13-15-16-18-20-22-26(37)24-29(39)36-27(28(38)23-21-19-17-14-12-10-8-6-4-2)25-47-49(45,46)48-35-33(43)31(41)30(40)32(42)34(35)44/h12,14,21,23,26-28,30-35,37-38,40-44H,3-11,13,15-20,22,24-25H2,1-2H3,(H,36,39)(H,45,46)/b14-12+,23-21+. The zero-order valence-electron chi connectivity index (χ0n) is 29.6. The van der Waals surface area contributed by atoms with Crippen LogP contribution in [0.1, 0.15) is 129 Å². The van der Waals surface area contributed by atoms with E-state index >= 15 is 0 Å². The van der Waals surface area contributed by atoms with E-state index in [1.54, 1.807) is 6.08 Å². The summed E-state index contributed by atoms with van der Waals surface area (Å²) in [7, 11) is -5.13. The molecule has 1 aliphatic carbocycles. The summed E-state index contributed by atoms with van der Waals surface area (Å²) in [6.07, 6.45) is 10.4. The second-order valence-corrected chi connectivity index (χ2v) is 14.7. The molecule has 0 aromatic rings. The first kappa shape index (κ1) is 45.8. The van der Waals surface area contributed by atoms with Crippen LogP contribution >= 0.6 is 7.82 Å². The van der Waals surface area contributed by atoms with Crippen LogP contribution in [0.4, 0.5) is 0 Å². The topological polar surface area (TPSA) is 226 Å². The van der Waals surface area contributed by atoms with Crippen molar-refractivity contribution in [2.45, 2.75) is 184 Å². The number of amides is 1. The molecule has 1 saturated carbocycles. The van der Waals surface area contributed by atoms with Crippen LogP contribution < -0.4 is 5.32 Å². The highest BCUT2D eigenvalue weighted by Crippen LogP contribution is 2.47. The number of allylic oxidation sites excluding steroid dienone is 3. The molecule has 8 unspecified atom stereocenters. The van der Waals surface area contributed by atoms with E-state index < -0.39 is 75.2 Å². The first-order chi connectivity index (χ1) is 23.3. The quantitative estimate of drug-likeness (QED) is 0.0320. The van der Waals surface area contributed by atoms with E-state index in [0.29, 0.717) is 12.8 Å². The first-order valence-corrected chi connectivity index (χ1v) is 19.9. The molecule has 0 aromatic carbocycles. The fourth-order valence-electron chi connectivity index (χ4n) is 5.67. The molecule has 49 heavy (non-hydrogen) atoms. The summed E-state index contributed by atoms with van der Waals surface area (Å²) in [5.74, 6) is -0.609. The third-order valence-electron chi connectivity index (χ3n) is 8.79. The molecule has 0 saturated heterocycles. The monoisotopic (exact) mass is 723 g/mol. The number of carbonyl (C=O) groups excluding carboxylic acids is 1. The van der Waals surface area contributed by atoms with Gasteiger partial charge in [-0.3, -0.25) is 13.8 Å². The van der Waals surface area contributed by atoms with Crippen molar-refractivity contribution in [1.29, 1.82) is 0 Å². The maximum absolute atomic E-state index is 12.8. The number of hydrogen-bond acceptors (Lipinski definition) is 11.